The van der Waals surface area contributed by atoms with E-state index in [1.807, 2.05) is 19.4 Å². The van der Waals surface area contributed by atoms with Gasteiger partial charge in [0.05, 0.1) is 23.9 Å². The summed E-state index contributed by atoms with van der Waals surface area (Å²) in [7, 11) is 0. The molecule has 0 saturated carbocycles. The van der Waals surface area contributed by atoms with Gasteiger partial charge in [-0.25, -0.2) is 4.98 Å². The molecule has 4 nitrogen and oxygen atoms in total. The molecule has 0 bridgehead atoms. The lowest BCUT2D eigenvalue weighted by Crippen LogP contribution is -2.31. The van der Waals surface area contributed by atoms with Crippen LogP contribution in [-0.2, 0) is 0 Å². The van der Waals surface area contributed by atoms with E-state index in [0.717, 1.165) is 5.69 Å². The van der Waals surface area contributed by atoms with Gasteiger partial charge in [-0.3, -0.25) is 0 Å². The lowest BCUT2D eigenvalue weighted by molar-refractivity contribution is 0.0924. The van der Waals surface area contributed by atoms with Crippen molar-refractivity contribution in [2.24, 2.45) is 0 Å². The van der Waals surface area contributed by atoms with Crippen LogP contribution in [0.2, 0.25) is 0 Å². The highest BCUT2D eigenvalue weighted by Gasteiger charge is 2.11. The summed E-state index contributed by atoms with van der Waals surface area (Å²) < 4.78 is 0. The van der Waals surface area contributed by atoms with Crippen molar-refractivity contribution in [2.45, 2.75) is 26.0 Å². The molecule has 3 N–H and O–H groups in total. The largest absolute Gasteiger partial charge is 0.394 e. The van der Waals surface area contributed by atoms with Gasteiger partial charge < -0.3 is 15.5 Å². The summed E-state index contributed by atoms with van der Waals surface area (Å²) in [5, 5.41) is 20.9. The molecule has 2 atom stereocenters. The quantitative estimate of drug-likeness (QED) is 0.669. The number of aryl methyl sites for hydroxylation is 1. The minimum Gasteiger partial charge on any atom is -0.394 e. The van der Waals surface area contributed by atoms with Crippen LogP contribution >= 0.6 is 11.3 Å². The van der Waals surface area contributed by atoms with Crippen molar-refractivity contribution >= 4 is 11.3 Å². The SMILES string of the molecule is Cc1ncsc1C(C)NCC(O)CO. The predicted molar refractivity (Wildman–Crippen MR) is 56.4 cm³/mol. The fraction of sp³-hybridized carbons (Fsp3) is 0.667. The number of thiazole rings is 1. The average Bonchev–Trinajstić information content (AvgIpc) is 2.60. The second-order valence-electron chi connectivity index (χ2n) is 3.27. The maximum Gasteiger partial charge on any atom is 0.0895 e. The zero-order chi connectivity index (χ0) is 10.6. The molecular weight excluding hydrogens is 200 g/mol. The van der Waals surface area contributed by atoms with Gasteiger partial charge in [0.2, 0.25) is 0 Å². The highest BCUT2D eigenvalue weighted by molar-refractivity contribution is 7.09. The van der Waals surface area contributed by atoms with Crippen molar-refractivity contribution in [3.63, 3.8) is 0 Å². The highest BCUT2D eigenvalue weighted by atomic mass is 32.1. The summed E-state index contributed by atoms with van der Waals surface area (Å²) in [6, 6.07) is 0.170. The van der Waals surface area contributed by atoms with Gasteiger partial charge in [-0.1, -0.05) is 0 Å². The zero-order valence-electron chi connectivity index (χ0n) is 8.40. The lowest BCUT2D eigenvalue weighted by atomic mass is 10.2. The molecule has 14 heavy (non-hydrogen) atoms. The van der Waals surface area contributed by atoms with Crippen LogP contribution in [0.4, 0.5) is 0 Å². The Hall–Kier alpha value is -0.490. The Kier molecular flexibility index (Phi) is 4.47. The Balaban J connectivity index is 2.43. The Labute approximate surface area is 87.6 Å². The van der Waals surface area contributed by atoms with Crippen molar-refractivity contribution in [3.8, 4) is 0 Å². The van der Waals surface area contributed by atoms with E-state index in [4.69, 9.17) is 10.2 Å². The van der Waals surface area contributed by atoms with Crippen LogP contribution in [0.5, 0.6) is 0 Å². The number of nitrogens with zero attached hydrogens (tertiary/aromatic N) is 1. The predicted octanol–water partition coefficient (Wildman–Crippen LogP) is 0.455. The van der Waals surface area contributed by atoms with Crippen molar-refractivity contribution in [1.29, 1.82) is 0 Å². The van der Waals surface area contributed by atoms with Crippen molar-refractivity contribution < 1.29 is 10.2 Å². The van der Waals surface area contributed by atoms with Gasteiger partial charge in [-0.2, -0.15) is 0 Å². The Morgan fingerprint density at radius 2 is 2.36 bits per heavy atom. The standard InChI is InChI=1S/C9H16N2O2S/c1-6(10-3-8(13)4-12)9-7(2)11-5-14-9/h5-6,8,10,12-13H,3-4H2,1-2H3. The first kappa shape index (κ1) is 11.6. The topological polar surface area (TPSA) is 65.4 Å². The molecule has 1 aromatic rings. The molecule has 1 rings (SSSR count). The number of aliphatic hydroxyl groups is 2. The fourth-order valence-corrected chi connectivity index (χ4v) is 2.03. The van der Waals surface area contributed by atoms with Gasteiger partial charge in [0.25, 0.3) is 0 Å². The van der Waals surface area contributed by atoms with Crippen molar-refractivity contribution in [1.82, 2.24) is 10.3 Å². The van der Waals surface area contributed by atoms with Gasteiger partial charge in [0.1, 0.15) is 0 Å². The molecule has 0 saturated heterocycles. The van der Waals surface area contributed by atoms with Crippen LogP contribution in [-0.4, -0.2) is 34.5 Å². The molecule has 0 spiro atoms. The first-order valence-corrected chi connectivity index (χ1v) is 5.45. The molecule has 0 radical (unpaired) electrons. The van der Waals surface area contributed by atoms with E-state index >= 15 is 0 Å². The molecule has 0 fully saturated rings. The second kappa shape index (κ2) is 5.41. The van der Waals surface area contributed by atoms with Crippen LogP contribution in [0.25, 0.3) is 0 Å². The van der Waals surface area contributed by atoms with E-state index in [-0.39, 0.29) is 12.6 Å². The molecule has 2 unspecified atom stereocenters. The van der Waals surface area contributed by atoms with Gasteiger partial charge in [0, 0.05) is 17.5 Å². The molecule has 5 heteroatoms. The van der Waals surface area contributed by atoms with Crippen molar-refractivity contribution in [3.05, 3.63) is 16.1 Å². The Bertz CT molecular complexity index is 278. The van der Waals surface area contributed by atoms with E-state index < -0.39 is 6.10 Å². The zero-order valence-corrected chi connectivity index (χ0v) is 9.21. The number of hydrogen-bond donors (Lipinski definition) is 3. The first-order valence-electron chi connectivity index (χ1n) is 4.57. The number of aromatic nitrogens is 1. The average molecular weight is 216 g/mol. The van der Waals surface area contributed by atoms with Crippen LogP contribution < -0.4 is 5.32 Å². The lowest BCUT2D eigenvalue weighted by Gasteiger charge is -2.14. The highest BCUT2D eigenvalue weighted by Crippen LogP contribution is 2.20. The normalized spacial score (nSPS) is 15.4. The minimum atomic E-state index is -0.689. The number of aliphatic hydroxyl groups excluding tert-OH is 2. The maximum absolute atomic E-state index is 9.15. The number of nitrogens with one attached hydrogen (secondary N) is 1. The van der Waals surface area contributed by atoms with E-state index in [1.165, 1.54) is 4.88 Å². The summed E-state index contributed by atoms with van der Waals surface area (Å²) in [6.45, 7) is 4.17. The molecule has 80 valence electrons. The smallest absolute Gasteiger partial charge is 0.0895 e. The maximum atomic E-state index is 9.15. The molecule has 1 heterocycles. The van der Waals surface area contributed by atoms with Crippen LogP contribution in [0, 0.1) is 6.92 Å². The Morgan fingerprint density at radius 3 is 2.86 bits per heavy atom. The third-order valence-electron chi connectivity index (χ3n) is 2.05. The number of rotatable bonds is 5. The first-order chi connectivity index (χ1) is 6.65. The summed E-state index contributed by atoms with van der Waals surface area (Å²) in [4.78, 5) is 5.33. The van der Waals surface area contributed by atoms with E-state index in [9.17, 15) is 0 Å². The van der Waals surface area contributed by atoms with Crippen LogP contribution in [0.3, 0.4) is 0 Å². The van der Waals surface area contributed by atoms with Gasteiger partial charge in [-0.15, -0.1) is 11.3 Å². The van der Waals surface area contributed by atoms with Gasteiger partial charge >= 0.3 is 0 Å². The summed E-state index contributed by atoms with van der Waals surface area (Å²) >= 11 is 1.60. The molecule has 0 aromatic carbocycles. The van der Waals surface area contributed by atoms with E-state index in [2.05, 4.69) is 10.3 Å². The van der Waals surface area contributed by atoms with Crippen LogP contribution in [0.1, 0.15) is 23.5 Å². The fourth-order valence-electron chi connectivity index (χ4n) is 1.20. The molecule has 0 amide bonds. The number of hydrogen-bond acceptors (Lipinski definition) is 5. The molecule has 0 aliphatic rings. The molecule has 1 aromatic heterocycles. The third kappa shape index (κ3) is 3.02. The molecular formula is C9H16N2O2S. The van der Waals surface area contributed by atoms with Crippen LogP contribution in [0.15, 0.2) is 5.51 Å². The van der Waals surface area contributed by atoms with Gasteiger partial charge in [-0.05, 0) is 13.8 Å². The summed E-state index contributed by atoms with van der Waals surface area (Å²) in [5.74, 6) is 0. The summed E-state index contributed by atoms with van der Waals surface area (Å²) in [6.07, 6.45) is -0.689. The van der Waals surface area contributed by atoms with E-state index in [1.54, 1.807) is 11.3 Å². The summed E-state index contributed by atoms with van der Waals surface area (Å²) in [5.41, 5.74) is 2.83. The monoisotopic (exact) mass is 216 g/mol. The Morgan fingerprint density at radius 1 is 1.64 bits per heavy atom. The minimum absolute atomic E-state index is 0.170. The van der Waals surface area contributed by atoms with Gasteiger partial charge in [0.15, 0.2) is 0 Å². The molecule has 0 aliphatic heterocycles. The second-order valence-corrected chi connectivity index (χ2v) is 4.15. The van der Waals surface area contributed by atoms with E-state index in [0.29, 0.717) is 6.54 Å². The molecule has 0 aliphatic carbocycles. The van der Waals surface area contributed by atoms with Crippen molar-refractivity contribution in [2.75, 3.05) is 13.2 Å². The third-order valence-corrected chi connectivity index (χ3v) is 3.16.